The number of esters is 1. The molecule has 0 aliphatic carbocycles. The number of methoxy groups -OCH3 is 2. The molecule has 7 heteroatoms. The van der Waals surface area contributed by atoms with Crippen molar-refractivity contribution in [3.05, 3.63) is 59.7 Å². The second kappa shape index (κ2) is 7.69. The first-order valence-corrected chi connectivity index (χ1v) is 7.97. The van der Waals surface area contributed by atoms with Gasteiger partial charge < -0.3 is 19.6 Å². The molecule has 26 heavy (non-hydrogen) atoms. The molecule has 0 spiro atoms. The minimum atomic E-state index is -0.776. The monoisotopic (exact) mass is 354 g/mol. The number of ether oxygens (including phenoxy) is 2. The summed E-state index contributed by atoms with van der Waals surface area (Å²) in [6.45, 7) is 0. The topological polar surface area (TPSA) is 86.2 Å². The molecule has 0 saturated heterocycles. The number of nitrogens with zero attached hydrogens (tertiary/aromatic N) is 1. The fourth-order valence-electron chi connectivity index (χ4n) is 2.58. The second-order valence-corrected chi connectivity index (χ2v) is 5.59. The van der Waals surface area contributed by atoms with Crippen LogP contribution in [0.4, 0.5) is 5.69 Å². The molecular weight excluding hydrogens is 336 g/mol. The van der Waals surface area contributed by atoms with Crippen LogP contribution in [0.3, 0.4) is 0 Å². The molecular formula is C19H18N2O5. The highest BCUT2D eigenvalue weighted by atomic mass is 16.6. The van der Waals surface area contributed by atoms with Crippen LogP contribution in [0.15, 0.2) is 53.7 Å². The molecule has 1 N–H and O–H groups in total. The lowest BCUT2D eigenvalue weighted by Crippen LogP contribution is -2.28. The molecule has 0 saturated carbocycles. The number of amides is 1. The first kappa shape index (κ1) is 17.5. The standard InChI is InChI=1S/C19H18N2O5/c1-24-13-7-5-6-12(10-13)16-11-17(26-21-16)18(22)20-15-9-4-3-8-14(15)19(23)25-2/h3-10,17H,11H2,1-2H3,(H,20,22)/t17-/m1/s1. The summed E-state index contributed by atoms with van der Waals surface area (Å²) in [7, 11) is 2.87. The van der Waals surface area contributed by atoms with Crippen LogP contribution in [0, 0.1) is 0 Å². The van der Waals surface area contributed by atoms with E-state index in [1.165, 1.54) is 7.11 Å². The lowest BCUT2D eigenvalue weighted by molar-refractivity contribution is -0.125. The third-order valence-electron chi connectivity index (χ3n) is 3.95. The maximum atomic E-state index is 12.5. The van der Waals surface area contributed by atoms with Gasteiger partial charge in [-0.25, -0.2) is 4.79 Å². The van der Waals surface area contributed by atoms with Gasteiger partial charge in [0.25, 0.3) is 5.91 Å². The van der Waals surface area contributed by atoms with Crippen molar-refractivity contribution in [1.82, 2.24) is 0 Å². The van der Waals surface area contributed by atoms with Crippen LogP contribution in [-0.2, 0) is 14.4 Å². The van der Waals surface area contributed by atoms with E-state index < -0.39 is 12.1 Å². The number of oxime groups is 1. The fourth-order valence-corrected chi connectivity index (χ4v) is 2.58. The number of carbonyl (C=O) groups excluding carboxylic acids is 2. The predicted molar refractivity (Wildman–Crippen MR) is 95.4 cm³/mol. The van der Waals surface area contributed by atoms with E-state index in [9.17, 15) is 9.59 Å². The Morgan fingerprint density at radius 3 is 2.73 bits per heavy atom. The van der Waals surface area contributed by atoms with Crippen LogP contribution in [0.25, 0.3) is 0 Å². The third-order valence-corrected chi connectivity index (χ3v) is 3.95. The molecule has 0 bridgehead atoms. The number of carbonyl (C=O) groups is 2. The molecule has 1 heterocycles. The molecule has 134 valence electrons. The van der Waals surface area contributed by atoms with Crippen molar-refractivity contribution >= 4 is 23.3 Å². The SMILES string of the molecule is COC(=O)c1ccccc1NC(=O)[C@H]1CC(c2cccc(OC)c2)=NO1. The first-order valence-electron chi connectivity index (χ1n) is 7.97. The maximum absolute atomic E-state index is 12.5. The Balaban J connectivity index is 1.69. The van der Waals surface area contributed by atoms with Gasteiger partial charge in [-0.15, -0.1) is 0 Å². The van der Waals surface area contributed by atoms with E-state index in [0.29, 0.717) is 23.6 Å². The number of para-hydroxylation sites is 1. The van der Waals surface area contributed by atoms with Gasteiger partial charge >= 0.3 is 5.97 Å². The highest BCUT2D eigenvalue weighted by Gasteiger charge is 2.29. The Labute approximate surface area is 150 Å². The average Bonchev–Trinajstić information content (AvgIpc) is 3.18. The van der Waals surface area contributed by atoms with E-state index >= 15 is 0 Å². The number of hydrogen-bond donors (Lipinski definition) is 1. The van der Waals surface area contributed by atoms with Crippen LogP contribution < -0.4 is 10.1 Å². The molecule has 3 rings (SSSR count). The van der Waals surface area contributed by atoms with Crippen molar-refractivity contribution in [2.75, 3.05) is 19.5 Å². The molecule has 1 aliphatic rings. The van der Waals surface area contributed by atoms with Gasteiger partial charge in [0.05, 0.1) is 31.2 Å². The Bertz CT molecular complexity index is 863. The van der Waals surface area contributed by atoms with Crippen molar-refractivity contribution in [2.45, 2.75) is 12.5 Å². The number of anilines is 1. The number of nitrogens with one attached hydrogen (secondary N) is 1. The Morgan fingerprint density at radius 1 is 1.15 bits per heavy atom. The highest BCUT2D eigenvalue weighted by molar-refractivity contribution is 6.07. The summed E-state index contributed by atoms with van der Waals surface area (Å²) >= 11 is 0. The van der Waals surface area contributed by atoms with Crippen molar-refractivity contribution in [2.24, 2.45) is 5.16 Å². The minimum absolute atomic E-state index is 0.273. The third kappa shape index (κ3) is 3.66. The molecule has 0 radical (unpaired) electrons. The summed E-state index contributed by atoms with van der Waals surface area (Å²) in [5, 5.41) is 6.71. The van der Waals surface area contributed by atoms with Crippen LogP contribution >= 0.6 is 0 Å². The first-order chi connectivity index (χ1) is 12.6. The number of benzene rings is 2. The van der Waals surface area contributed by atoms with E-state index in [1.54, 1.807) is 31.4 Å². The lowest BCUT2D eigenvalue weighted by Gasteiger charge is -2.12. The summed E-state index contributed by atoms with van der Waals surface area (Å²) in [5.41, 5.74) is 2.12. The lowest BCUT2D eigenvalue weighted by atomic mass is 10.0. The van der Waals surface area contributed by atoms with E-state index in [2.05, 4.69) is 10.5 Å². The van der Waals surface area contributed by atoms with Crippen LogP contribution in [0.1, 0.15) is 22.3 Å². The van der Waals surface area contributed by atoms with Crippen molar-refractivity contribution in [3.8, 4) is 5.75 Å². The van der Waals surface area contributed by atoms with Crippen molar-refractivity contribution in [1.29, 1.82) is 0 Å². The molecule has 0 aromatic heterocycles. The molecule has 1 atom stereocenters. The smallest absolute Gasteiger partial charge is 0.339 e. The molecule has 2 aromatic carbocycles. The summed E-state index contributed by atoms with van der Waals surface area (Å²) in [6, 6.07) is 14.0. The van der Waals surface area contributed by atoms with Gasteiger partial charge in [-0.05, 0) is 24.3 Å². The van der Waals surface area contributed by atoms with Gasteiger partial charge in [0.15, 0.2) is 0 Å². The Hall–Kier alpha value is -3.35. The zero-order chi connectivity index (χ0) is 18.5. The maximum Gasteiger partial charge on any atom is 0.339 e. The van der Waals surface area contributed by atoms with Crippen LogP contribution in [0.5, 0.6) is 5.75 Å². The van der Waals surface area contributed by atoms with Crippen molar-refractivity contribution in [3.63, 3.8) is 0 Å². The van der Waals surface area contributed by atoms with E-state index in [1.807, 2.05) is 24.3 Å². The minimum Gasteiger partial charge on any atom is -0.497 e. The molecule has 0 unspecified atom stereocenters. The Morgan fingerprint density at radius 2 is 1.96 bits per heavy atom. The summed E-state index contributed by atoms with van der Waals surface area (Å²) < 4.78 is 9.92. The van der Waals surface area contributed by atoms with E-state index in [4.69, 9.17) is 14.3 Å². The summed E-state index contributed by atoms with van der Waals surface area (Å²) in [4.78, 5) is 29.6. The van der Waals surface area contributed by atoms with E-state index in [0.717, 1.165) is 5.56 Å². The number of hydrogen-bond acceptors (Lipinski definition) is 6. The van der Waals surface area contributed by atoms with Gasteiger partial charge in [-0.3, -0.25) is 4.79 Å². The summed E-state index contributed by atoms with van der Waals surface area (Å²) in [6.07, 6.45) is -0.457. The zero-order valence-electron chi connectivity index (χ0n) is 14.4. The molecule has 7 nitrogen and oxygen atoms in total. The largest absolute Gasteiger partial charge is 0.497 e. The van der Waals surface area contributed by atoms with Gasteiger partial charge in [0, 0.05) is 12.0 Å². The number of rotatable bonds is 5. The summed E-state index contributed by atoms with van der Waals surface area (Å²) in [5.74, 6) is -0.213. The van der Waals surface area contributed by atoms with Gasteiger partial charge in [0.2, 0.25) is 6.10 Å². The highest BCUT2D eigenvalue weighted by Crippen LogP contribution is 2.22. The average molecular weight is 354 g/mol. The van der Waals surface area contributed by atoms with Gasteiger partial charge in [-0.2, -0.15) is 0 Å². The fraction of sp³-hybridized carbons (Fsp3) is 0.211. The zero-order valence-corrected chi connectivity index (χ0v) is 14.4. The normalized spacial score (nSPS) is 15.6. The molecule has 1 amide bonds. The van der Waals surface area contributed by atoms with E-state index in [-0.39, 0.29) is 11.5 Å². The molecule has 1 aliphatic heterocycles. The molecule has 0 fully saturated rings. The van der Waals surface area contributed by atoms with Crippen LogP contribution in [0.2, 0.25) is 0 Å². The quantitative estimate of drug-likeness (QED) is 0.834. The van der Waals surface area contributed by atoms with Gasteiger partial charge in [-0.1, -0.05) is 29.4 Å². The second-order valence-electron chi connectivity index (χ2n) is 5.59. The predicted octanol–water partition coefficient (Wildman–Crippen LogP) is 2.61. The molecule has 2 aromatic rings. The van der Waals surface area contributed by atoms with Crippen molar-refractivity contribution < 1.29 is 23.9 Å². The van der Waals surface area contributed by atoms with Crippen LogP contribution in [-0.4, -0.2) is 37.9 Å². The Kier molecular flexibility index (Phi) is 5.17. The van der Waals surface area contributed by atoms with Gasteiger partial charge in [0.1, 0.15) is 5.75 Å².